The highest BCUT2D eigenvalue weighted by molar-refractivity contribution is 6.34. The Morgan fingerprint density at radius 3 is 2.89 bits per heavy atom. The van der Waals surface area contributed by atoms with Crippen LogP contribution in [0, 0.1) is 6.92 Å². The molecule has 3 aromatic rings. The largest absolute Gasteiger partial charge is 0.319 e. The van der Waals surface area contributed by atoms with Crippen molar-refractivity contribution >= 4 is 34.8 Å². The second-order valence-corrected chi connectivity index (χ2v) is 6.38. The average molecular weight is 387 g/mol. The fourth-order valence-electron chi connectivity index (χ4n) is 2.88. The monoisotopic (exact) mass is 386 g/mol. The number of hydrogen-bond acceptors (Lipinski definition) is 6. The molecule has 2 N–H and O–H groups in total. The minimum atomic E-state index is -0.488. The van der Waals surface area contributed by atoms with Gasteiger partial charge in [-0.3, -0.25) is 9.59 Å². The number of carbonyl (C=O) groups excluding carboxylic acids is 2. The van der Waals surface area contributed by atoms with E-state index >= 15 is 0 Å². The molecule has 0 spiro atoms. The number of aromatic nitrogens is 6. The first kappa shape index (κ1) is 17.2. The van der Waals surface area contributed by atoms with Crippen molar-refractivity contribution in [1.29, 1.82) is 0 Å². The number of anilines is 2. The predicted molar refractivity (Wildman–Crippen MR) is 97.0 cm³/mol. The predicted octanol–water partition coefficient (Wildman–Crippen LogP) is 1.73. The molecular formula is C16H15ClN8O2. The molecule has 2 amide bonds. The van der Waals surface area contributed by atoms with Gasteiger partial charge >= 0.3 is 0 Å². The van der Waals surface area contributed by atoms with E-state index in [0.717, 1.165) is 6.42 Å². The van der Waals surface area contributed by atoms with Crippen molar-refractivity contribution in [3.8, 4) is 5.95 Å². The first-order valence-electron chi connectivity index (χ1n) is 8.23. The van der Waals surface area contributed by atoms with Gasteiger partial charge < -0.3 is 10.2 Å². The van der Waals surface area contributed by atoms with Gasteiger partial charge in [-0.15, -0.1) is 5.10 Å². The Hall–Kier alpha value is -3.27. The van der Waals surface area contributed by atoms with Crippen LogP contribution in [-0.4, -0.2) is 48.3 Å². The molecule has 0 bridgehead atoms. The Morgan fingerprint density at radius 2 is 2.22 bits per heavy atom. The molecular weight excluding hydrogens is 372 g/mol. The van der Waals surface area contributed by atoms with Crippen molar-refractivity contribution in [2.24, 2.45) is 0 Å². The van der Waals surface area contributed by atoms with Crippen molar-refractivity contribution < 1.29 is 9.59 Å². The summed E-state index contributed by atoms with van der Waals surface area (Å²) in [5.74, 6) is 0.391. The number of aryl methyl sites for hydroxylation is 1. The van der Waals surface area contributed by atoms with Gasteiger partial charge in [0.15, 0.2) is 0 Å². The number of halogens is 1. The Bertz CT molecular complexity index is 1010. The fourth-order valence-corrected chi connectivity index (χ4v) is 3.16. The van der Waals surface area contributed by atoms with Crippen LogP contribution in [0.15, 0.2) is 24.5 Å². The van der Waals surface area contributed by atoms with Crippen LogP contribution in [0.4, 0.5) is 11.4 Å². The zero-order valence-electron chi connectivity index (χ0n) is 14.3. The van der Waals surface area contributed by atoms with Crippen LogP contribution in [0.1, 0.15) is 29.3 Å². The highest BCUT2D eigenvalue weighted by atomic mass is 35.5. The summed E-state index contributed by atoms with van der Waals surface area (Å²) in [6, 6.07) is 5.00. The van der Waals surface area contributed by atoms with E-state index in [1.165, 1.54) is 11.0 Å². The molecule has 27 heavy (non-hydrogen) atoms. The first-order valence-corrected chi connectivity index (χ1v) is 8.61. The summed E-state index contributed by atoms with van der Waals surface area (Å²) in [6.07, 6.45) is 2.67. The third kappa shape index (κ3) is 3.26. The van der Waals surface area contributed by atoms with Crippen LogP contribution >= 0.6 is 11.6 Å². The molecule has 1 fully saturated rings. The van der Waals surface area contributed by atoms with E-state index < -0.39 is 5.91 Å². The highest BCUT2D eigenvalue weighted by Crippen LogP contribution is 2.31. The number of nitrogens with one attached hydrogen (secondary N) is 2. The lowest BCUT2D eigenvalue weighted by atomic mass is 10.2. The third-order valence-corrected chi connectivity index (χ3v) is 4.45. The lowest BCUT2D eigenvalue weighted by molar-refractivity contribution is -0.117. The molecule has 0 saturated carbocycles. The SMILES string of the molecule is Cc1nc(C(=O)Nc2ccc(N3CCCC3=O)c(Cl)c2)nn1-c1ncn[nH]1. The van der Waals surface area contributed by atoms with Gasteiger partial charge in [0.05, 0.1) is 10.7 Å². The van der Waals surface area contributed by atoms with Gasteiger partial charge in [-0.25, -0.2) is 10.1 Å². The minimum Gasteiger partial charge on any atom is -0.319 e. The molecule has 1 saturated heterocycles. The highest BCUT2D eigenvalue weighted by Gasteiger charge is 2.24. The van der Waals surface area contributed by atoms with Crippen LogP contribution in [0.2, 0.25) is 5.02 Å². The zero-order chi connectivity index (χ0) is 19.0. The topological polar surface area (TPSA) is 122 Å². The smallest absolute Gasteiger partial charge is 0.295 e. The number of aromatic amines is 1. The molecule has 0 unspecified atom stereocenters. The van der Waals surface area contributed by atoms with E-state index in [-0.39, 0.29) is 11.7 Å². The summed E-state index contributed by atoms with van der Waals surface area (Å²) in [4.78, 5) is 34.1. The number of amides is 2. The molecule has 3 heterocycles. The van der Waals surface area contributed by atoms with Crippen molar-refractivity contribution in [2.45, 2.75) is 19.8 Å². The Kier molecular flexibility index (Phi) is 4.32. The quantitative estimate of drug-likeness (QED) is 0.704. The van der Waals surface area contributed by atoms with Crippen molar-refractivity contribution in [3.05, 3.63) is 41.2 Å². The molecule has 0 atom stereocenters. The van der Waals surface area contributed by atoms with E-state index in [9.17, 15) is 9.59 Å². The molecule has 1 aliphatic heterocycles. The van der Waals surface area contributed by atoms with Crippen LogP contribution < -0.4 is 10.2 Å². The standard InChI is InChI=1S/C16H15ClN8O2/c1-9-20-14(23-25(9)16-18-8-19-22-16)15(27)21-10-4-5-12(11(17)7-10)24-6-2-3-13(24)26/h4-5,7-8H,2-3,6H2,1H3,(H,21,27)(H,18,19,22). The van der Waals surface area contributed by atoms with E-state index in [2.05, 4.69) is 30.6 Å². The second-order valence-electron chi connectivity index (χ2n) is 5.97. The summed E-state index contributed by atoms with van der Waals surface area (Å²) in [5.41, 5.74) is 1.12. The summed E-state index contributed by atoms with van der Waals surface area (Å²) in [5, 5.41) is 13.6. The molecule has 1 aromatic carbocycles. The van der Waals surface area contributed by atoms with Crippen molar-refractivity contribution in [3.63, 3.8) is 0 Å². The number of benzene rings is 1. The molecule has 138 valence electrons. The van der Waals surface area contributed by atoms with E-state index in [1.54, 1.807) is 30.0 Å². The summed E-state index contributed by atoms with van der Waals surface area (Å²) < 4.78 is 1.39. The van der Waals surface area contributed by atoms with Crippen LogP contribution in [0.5, 0.6) is 0 Å². The summed E-state index contributed by atoms with van der Waals surface area (Å²) in [7, 11) is 0. The molecule has 1 aliphatic rings. The van der Waals surface area contributed by atoms with Crippen LogP contribution in [0.3, 0.4) is 0 Å². The van der Waals surface area contributed by atoms with Gasteiger partial charge in [0.2, 0.25) is 17.7 Å². The second kappa shape index (κ2) is 6.80. The van der Waals surface area contributed by atoms with Gasteiger partial charge in [0, 0.05) is 18.7 Å². The van der Waals surface area contributed by atoms with Gasteiger partial charge in [-0.2, -0.15) is 14.8 Å². The fraction of sp³-hybridized carbons (Fsp3) is 0.250. The molecule has 10 nitrogen and oxygen atoms in total. The first-order chi connectivity index (χ1) is 13.0. The molecule has 11 heteroatoms. The Labute approximate surface area is 158 Å². The van der Waals surface area contributed by atoms with Gasteiger partial charge in [0.25, 0.3) is 5.91 Å². The number of hydrogen-bond donors (Lipinski definition) is 2. The van der Waals surface area contributed by atoms with E-state index in [4.69, 9.17) is 11.6 Å². The maximum atomic E-state index is 12.5. The van der Waals surface area contributed by atoms with E-state index in [0.29, 0.717) is 41.1 Å². The third-order valence-electron chi connectivity index (χ3n) is 4.14. The maximum absolute atomic E-state index is 12.5. The van der Waals surface area contributed by atoms with Gasteiger partial charge in [0.1, 0.15) is 12.2 Å². The Balaban J connectivity index is 1.52. The molecule has 0 aliphatic carbocycles. The lowest BCUT2D eigenvalue weighted by Gasteiger charge is -2.17. The van der Waals surface area contributed by atoms with Gasteiger partial charge in [-0.1, -0.05) is 11.6 Å². The molecule has 2 aromatic heterocycles. The van der Waals surface area contributed by atoms with Crippen molar-refractivity contribution in [1.82, 2.24) is 29.9 Å². The summed E-state index contributed by atoms with van der Waals surface area (Å²) >= 11 is 6.30. The van der Waals surface area contributed by atoms with Crippen LogP contribution in [-0.2, 0) is 4.79 Å². The minimum absolute atomic E-state index is 0.0150. The van der Waals surface area contributed by atoms with Crippen molar-refractivity contribution in [2.75, 3.05) is 16.8 Å². The number of nitrogens with zero attached hydrogens (tertiary/aromatic N) is 6. The molecule has 4 rings (SSSR count). The number of H-pyrrole nitrogens is 1. The normalized spacial score (nSPS) is 14.0. The lowest BCUT2D eigenvalue weighted by Crippen LogP contribution is -2.24. The van der Waals surface area contributed by atoms with Crippen LogP contribution in [0.25, 0.3) is 5.95 Å². The van der Waals surface area contributed by atoms with E-state index in [1.807, 2.05) is 0 Å². The average Bonchev–Trinajstić information content (AvgIpc) is 3.36. The molecule has 0 radical (unpaired) electrons. The number of carbonyl (C=O) groups is 2. The Morgan fingerprint density at radius 1 is 1.37 bits per heavy atom. The van der Waals surface area contributed by atoms with Gasteiger partial charge in [-0.05, 0) is 31.5 Å². The summed E-state index contributed by atoms with van der Waals surface area (Å²) in [6.45, 7) is 2.34. The number of rotatable bonds is 4. The maximum Gasteiger partial charge on any atom is 0.295 e. The zero-order valence-corrected chi connectivity index (χ0v) is 15.1.